The number of halogens is 2. The molecular formula is C8H7F2NO. The summed E-state index contributed by atoms with van der Waals surface area (Å²) in [5.74, 6) is 0. The predicted molar refractivity (Wildman–Crippen MR) is 37.1 cm³/mol. The van der Waals surface area contributed by atoms with Crippen molar-refractivity contribution in [1.82, 2.24) is 4.98 Å². The van der Waals surface area contributed by atoms with E-state index in [4.69, 9.17) is 0 Å². The molecule has 0 atom stereocenters. The molecule has 1 heterocycles. The van der Waals surface area contributed by atoms with Crippen LogP contribution in [0.3, 0.4) is 0 Å². The summed E-state index contributed by atoms with van der Waals surface area (Å²) in [6, 6.07) is 2.55. The van der Waals surface area contributed by atoms with Crippen molar-refractivity contribution in [3.8, 4) is 0 Å². The molecule has 4 heteroatoms. The van der Waals surface area contributed by atoms with Crippen LogP contribution in [0.4, 0.5) is 8.78 Å². The quantitative estimate of drug-likeness (QED) is 0.635. The second-order valence-corrected chi connectivity index (χ2v) is 2.52. The van der Waals surface area contributed by atoms with Crippen molar-refractivity contribution in [2.24, 2.45) is 0 Å². The van der Waals surface area contributed by atoms with E-state index >= 15 is 0 Å². The molecule has 1 aromatic heterocycles. The summed E-state index contributed by atoms with van der Waals surface area (Å²) in [5, 5.41) is 10.2. The van der Waals surface area contributed by atoms with Gasteiger partial charge in [0.2, 0.25) is 0 Å². The van der Waals surface area contributed by atoms with Gasteiger partial charge in [0.05, 0.1) is 5.56 Å². The Kier molecular flexibility index (Phi) is 2.10. The van der Waals surface area contributed by atoms with E-state index in [0.29, 0.717) is 5.69 Å². The highest BCUT2D eigenvalue weighted by molar-refractivity contribution is 5.25. The van der Waals surface area contributed by atoms with Gasteiger partial charge < -0.3 is 0 Å². The Balaban J connectivity index is 3.19. The van der Waals surface area contributed by atoms with E-state index in [2.05, 4.69) is 11.1 Å². The van der Waals surface area contributed by atoms with E-state index in [1.807, 2.05) is 0 Å². The van der Waals surface area contributed by atoms with Crippen LogP contribution in [-0.2, 0) is 11.2 Å². The largest absolute Gasteiger partial charge is 0.410 e. The highest BCUT2D eigenvalue weighted by Crippen LogP contribution is 2.26. The molecule has 2 nitrogen and oxygen atoms in total. The number of rotatable bonds is 1. The van der Waals surface area contributed by atoms with Crippen molar-refractivity contribution in [3.05, 3.63) is 29.1 Å². The fourth-order valence-corrected chi connectivity index (χ4v) is 0.923. The Morgan fingerprint density at radius 1 is 1.50 bits per heavy atom. The van der Waals surface area contributed by atoms with Crippen LogP contribution in [0, 0.1) is 19.9 Å². The Bertz CT molecular complexity index is 294. The van der Waals surface area contributed by atoms with E-state index in [1.54, 1.807) is 6.92 Å². The molecule has 0 aliphatic carbocycles. The molecule has 0 spiro atoms. The molecule has 0 N–H and O–H groups in total. The van der Waals surface area contributed by atoms with Crippen LogP contribution in [0.2, 0.25) is 0 Å². The molecule has 0 unspecified atom stereocenters. The van der Waals surface area contributed by atoms with Crippen molar-refractivity contribution in [1.29, 1.82) is 0 Å². The van der Waals surface area contributed by atoms with Crippen molar-refractivity contribution in [3.63, 3.8) is 0 Å². The van der Waals surface area contributed by atoms with Gasteiger partial charge in [-0.1, -0.05) is 0 Å². The van der Waals surface area contributed by atoms with Crippen LogP contribution in [0.15, 0.2) is 6.20 Å². The zero-order valence-electron chi connectivity index (χ0n) is 6.69. The first-order chi connectivity index (χ1) is 5.41. The van der Waals surface area contributed by atoms with Gasteiger partial charge in [0.15, 0.2) is 0 Å². The third kappa shape index (κ3) is 1.76. The van der Waals surface area contributed by atoms with Gasteiger partial charge in [-0.2, -0.15) is 13.9 Å². The maximum absolute atomic E-state index is 12.2. The standard InChI is InChI=1S/C8H7F2NO/c1-5-3-6(2)11-4-7(5)8(9,10)12/h4H,1-2H3. The van der Waals surface area contributed by atoms with E-state index in [9.17, 15) is 13.9 Å². The molecular weight excluding hydrogens is 164 g/mol. The van der Waals surface area contributed by atoms with Gasteiger partial charge in [0, 0.05) is 18.0 Å². The Labute approximate surface area is 68.9 Å². The summed E-state index contributed by atoms with van der Waals surface area (Å²) in [5.41, 5.74) is 0.0519. The molecule has 12 heavy (non-hydrogen) atoms. The van der Waals surface area contributed by atoms with Gasteiger partial charge >= 0.3 is 6.11 Å². The monoisotopic (exact) mass is 171 g/mol. The van der Waals surface area contributed by atoms with Crippen LogP contribution < -0.4 is 0 Å². The smallest absolute Gasteiger partial charge is 0.260 e. The molecule has 1 aromatic rings. The van der Waals surface area contributed by atoms with E-state index in [0.717, 1.165) is 6.20 Å². The summed E-state index contributed by atoms with van der Waals surface area (Å²) in [7, 11) is 0. The lowest BCUT2D eigenvalue weighted by atomic mass is 10.1. The lowest BCUT2D eigenvalue weighted by molar-refractivity contribution is -0.252. The molecule has 0 bridgehead atoms. The number of aromatic nitrogens is 1. The number of alkyl halides is 2. The molecule has 0 saturated heterocycles. The molecule has 0 aliphatic rings. The summed E-state index contributed by atoms with van der Waals surface area (Å²) in [4.78, 5) is 3.57. The fourth-order valence-electron chi connectivity index (χ4n) is 0.923. The highest BCUT2D eigenvalue weighted by atomic mass is 19.3. The molecule has 64 valence electrons. The summed E-state index contributed by atoms with van der Waals surface area (Å²) < 4.78 is 24.5. The second kappa shape index (κ2) is 2.79. The first-order valence-corrected chi connectivity index (χ1v) is 3.35. The van der Waals surface area contributed by atoms with Crippen LogP contribution in [0.25, 0.3) is 0 Å². The number of pyridine rings is 1. The Morgan fingerprint density at radius 2 is 2.08 bits per heavy atom. The van der Waals surface area contributed by atoms with Crippen LogP contribution >= 0.6 is 0 Å². The number of nitrogens with zero attached hydrogens (tertiary/aromatic N) is 1. The minimum Gasteiger partial charge on any atom is -0.260 e. The average molecular weight is 171 g/mol. The molecule has 0 saturated carbocycles. The first kappa shape index (κ1) is 9.06. The second-order valence-electron chi connectivity index (χ2n) is 2.52. The van der Waals surface area contributed by atoms with Crippen LogP contribution in [-0.4, -0.2) is 4.98 Å². The van der Waals surface area contributed by atoms with Gasteiger partial charge in [-0.05, 0) is 19.4 Å². The normalized spacial score (nSPS) is 11.8. The molecule has 2 radical (unpaired) electrons. The Hall–Kier alpha value is -1.03. The molecule has 0 aromatic carbocycles. The van der Waals surface area contributed by atoms with E-state index in [-0.39, 0.29) is 5.56 Å². The van der Waals surface area contributed by atoms with Gasteiger partial charge in [0.1, 0.15) is 0 Å². The van der Waals surface area contributed by atoms with Crippen molar-refractivity contribution >= 4 is 0 Å². The van der Waals surface area contributed by atoms with Crippen molar-refractivity contribution < 1.29 is 13.9 Å². The zero-order chi connectivity index (χ0) is 9.35. The molecule has 0 fully saturated rings. The van der Waals surface area contributed by atoms with Gasteiger partial charge in [0.25, 0.3) is 0 Å². The minimum absolute atomic E-state index is 0.155. The van der Waals surface area contributed by atoms with Gasteiger partial charge in [-0.15, -0.1) is 0 Å². The molecule has 0 aliphatic heterocycles. The summed E-state index contributed by atoms with van der Waals surface area (Å²) in [6.45, 7) is 3.04. The fraction of sp³-hybridized carbons (Fsp3) is 0.375. The van der Waals surface area contributed by atoms with Gasteiger partial charge in [-0.3, -0.25) is 4.98 Å². The predicted octanol–water partition coefficient (Wildman–Crippen LogP) is 1.98. The number of hydrogen-bond donors (Lipinski definition) is 0. The maximum atomic E-state index is 12.2. The lowest BCUT2D eigenvalue weighted by Gasteiger charge is -2.08. The van der Waals surface area contributed by atoms with Gasteiger partial charge in [-0.25, -0.2) is 0 Å². The Morgan fingerprint density at radius 3 is 2.50 bits per heavy atom. The highest BCUT2D eigenvalue weighted by Gasteiger charge is 2.32. The average Bonchev–Trinajstić information content (AvgIpc) is 1.83. The zero-order valence-corrected chi connectivity index (χ0v) is 6.69. The third-order valence-electron chi connectivity index (χ3n) is 1.47. The first-order valence-electron chi connectivity index (χ1n) is 3.35. The molecule has 1 rings (SSSR count). The minimum atomic E-state index is -4.07. The summed E-state index contributed by atoms with van der Waals surface area (Å²) in [6.07, 6.45) is -3.17. The topological polar surface area (TPSA) is 32.8 Å². The van der Waals surface area contributed by atoms with E-state index < -0.39 is 11.7 Å². The third-order valence-corrected chi connectivity index (χ3v) is 1.47. The summed E-state index contributed by atoms with van der Waals surface area (Å²) >= 11 is 0. The van der Waals surface area contributed by atoms with Crippen LogP contribution in [0.5, 0.6) is 0 Å². The van der Waals surface area contributed by atoms with E-state index in [1.165, 1.54) is 6.92 Å². The van der Waals surface area contributed by atoms with Crippen molar-refractivity contribution in [2.45, 2.75) is 20.0 Å². The number of hydrogen-bond acceptors (Lipinski definition) is 1. The van der Waals surface area contributed by atoms with Crippen molar-refractivity contribution in [2.75, 3.05) is 0 Å². The van der Waals surface area contributed by atoms with Crippen LogP contribution in [0.1, 0.15) is 16.8 Å². The lowest BCUT2D eigenvalue weighted by Crippen LogP contribution is -2.12. The maximum Gasteiger partial charge on any atom is 0.410 e. The molecule has 0 amide bonds. The number of aryl methyl sites for hydroxylation is 2. The SMILES string of the molecule is Cc1[c]c(C)c(C([O])(F)F)cn1.